The van der Waals surface area contributed by atoms with Crippen molar-refractivity contribution in [3.8, 4) is 11.5 Å². The number of furan rings is 1. The largest absolute Gasteiger partial charge is 0.495 e. The molecule has 1 atom stereocenters. The molecular weight excluding hydrogens is 498 g/mol. The maximum atomic E-state index is 13.8. The number of anilines is 1. The molecule has 2 aromatic heterocycles. The molecule has 0 spiro atoms. The van der Waals surface area contributed by atoms with E-state index < -0.39 is 5.37 Å². The zero-order valence-electron chi connectivity index (χ0n) is 17.4. The summed E-state index contributed by atoms with van der Waals surface area (Å²) in [5.41, 5.74) is 2.49. The number of methoxy groups -OCH3 is 2. The number of benzene rings is 2. The van der Waals surface area contributed by atoms with E-state index in [2.05, 4.69) is 15.9 Å². The highest BCUT2D eigenvalue weighted by atomic mass is 79.9. The Labute approximate surface area is 195 Å². The van der Waals surface area contributed by atoms with Crippen molar-refractivity contribution in [2.75, 3.05) is 24.9 Å². The van der Waals surface area contributed by atoms with Crippen LogP contribution in [-0.4, -0.2) is 25.9 Å². The summed E-state index contributed by atoms with van der Waals surface area (Å²) in [5, 5.41) is 0.311. The number of carbonyl (C=O) groups excluding carboxylic acids is 1. The van der Waals surface area contributed by atoms with Gasteiger partial charge in [0.15, 0.2) is 11.2 Å². The molecule has 1 aliphatic heterocycles. The van der Waals surface area contributed by atoms with Crippen LogP contribution in [0.5, 0.6) is 11.5 Å². The molecule has 1 amide bonds. The van der Waals surface area contributed by atoms with Crippen LogP contribution in [0.1, 0.15) is 16.5 Å². The van der Waals surface area contributed by atoms with Gasteiger partial charge in [-0.3, -0.25) is 14.5 Å². The third-order valence-corrected chi connectivity index (χ3v) is 7.30. The summed E-state index contributed by atoms with van der Waals surface area (Å²) in [6.45, 7) is 1.97. The van der Waals surface area contributed by atoms with Crippen molar-refractivity contribution in [2.45, 2.75) is 12.3 Å². The first-order valence-electron chi connectivity index (χ1n) is 9.72. The van der Waals surface area contributed by atoms with Crippen molar-refractivity contribution >= 4 is 61.2 Å². The number of rotatable bonds is 4. The molecule has 1 unspecified atom stereocenters. The molecule has 164 valence electrons. The first-order valence-corrected chi connectivity index (χ1v) is 11.6. The van der Waals surface area contributed by atoms with Crippen LogP contribution in [0.25, 0.3) is 21.9 Å². The number of amides is 1. The average molecular weight is 516 g/mol. The van der Waals surface area contributed by atoms with Crippen LogP contribution in [-0.2, 0) is 4.79 Å². The molecule has 4 aromatic rings. The lowest BCUT2D eigenvalue weighted by atomic mass is 10.1. The summed E-state index contributed by atoms with van der Waals surface area (Å²) in [7, 11) is 2.97. The van der Waals surface area contributed by atoms with Gasteiger partial charge in [0.25, 0.3) is 0 Å². The summed E-state index contributed by atoms with van der Waals surface area (Å²) in [6, 6.07) is 7.46. The monoisotopic (exact) mass is 515 g/mol. The van der Waals surface area contributed by atoms with Crippen LogP contribution in [0.15, 0.2) is 54.9 Å². The first kappa shape index (κ1) is 21.0. The van der Waals surface area contributed by atoms with Gasteiger partial charge >= 0.3 is 0 Å². The molecule has 3 heterocycles. The van der Waals surface area contributed by atoms with Gasteiger partial charge in [0, 0.05) is 4.47 Å². The average Bonchev–Trinajstić information content (AvgIpc) is 3.40. The molecule has 32 heavy (non-hydrogen) atoms. The summed E-state index contributed by atoms with van der Waals surface area (Å²) < 4.78 is 23.3. The molecule has 7 nitrogen and oxygen atoms in total. The fourth-order valence-corrected chi connectivity index (χ4v) is 5.89. The summed E-state index contributed by atoms with van der Waals surface area (Å²) >= 11 is 4.93. The minimum absolute atomic E-state index is 0.0844. The highest BCUT2D eigenvalue weighted by molar-refractivity contribution is 9.10. The molecule has 1 fully saturated rings. The van der Waals surface area contributed by atoms with Gasteiger partial charge in [-0.15, -0.1) is 11.8 Å². The minimum atomic E-state index is -0.544. The minimum Gasteiger partial charge on any atom is -0.495 e. The zero-order valence-corrected chi connectivity index (χ0v) is 19.8. The van der Waals surface area contributed by atoms with Crippen molar-refractivity contribution in [1.82, 2.24) is 0 Å². The number of nitrogens with zero attached hydrogens (tertiary/aromatic N) is 1. The Morgan fingerprint density at radius 2 is 1.88 bits per heavy atom. The van der Waals surface area contributed by atoms with Gasteiger partial charge in [-0.2, -0.15) is 0 Å². The Bertz CT molecular complexity index is 1440. The Morgan fingerprint density at radius 3 is 2.59 bits per heavy atom. The van der Waals surface area contributed by atoms with Gasteiger partial charge in [-0.05, 0) is 46.6 Å². The molecule has 0 bridgehead atoms. The van der Waals surface area contributed by atoms with E-state index in [-0.39, 0.29) is 28.1 Å². The van der Waals surface area contributed by atoms with Gasteiger partial charge in [-0.1, -0.05) is 6.07 Å². The molecule has 1 aliphatic rings. The standard InChI is InChI=1S/C23H18BrNO6S/c1-11-4-5-15(14(24)8-11)25-16(26)10-32-23(25)13-9-31-21-17(18(13)27)19(28-2)12-6-7-30-20(12)22(21)29-3/h4-9,23H,10H2,1-3H3. The fourth-order valence-electron chi connectivity index (χ4n) is 4.05. The normalized spacial score (nSPS) is 16.3. The van der Waals surface area contributed by atoms with Crippen LogP contribution in [0.3, 0.4) is 0 Å². The predicted octanol–water partition coefficient (Wildman–Crippen LogP) is 5.41. The number of fused-ring (bicyclic) bond motifs is 2. The summed E-state index contributed by atoms with van der Waals surface area (Å²) in [5.74, 6) is 0.832. The predicted molar refractivity (Wildman–Crippen MR) is 127 cm³/mol. The highest BCUT2D eigenvalue weighted by Crippen LogP contribution is 2.46. The molecule has 0 radical (unpaired) electrons. The molecule has 0 N–H and O–H groups in total. The van der Waals surface area contributed by atoms with E-state index in [0.717, 1.165) is 10.0 Å². The van der Waals surface area contributed by atoms with Crippen molar-refractivity contribution in [3.05, 3.63) is 62.6 Å². The summed E-state index contributed by atoms with van der Waals surface area (Å²) in [6.07, 6.45) is 2.90. The number of aryl methyl sites for hydroxylation is 1. The number of halogens is 1. The van der Waals surface area contributed by atoms with Gasteiger partial charge < -0.3 is 18.3 Å². The van der Waals surface area contributed by atoms with Crippen LogP contribution < -0.4 is 19.8 Å². The number of carbonyl (C=O) groups is 1. The van der Waals surface area contributed by atoms with Crippen LogP contribution >= 0.6 is 27.7 Å². The van der Waals surface area contributed by atoms with E-state index in [9.17, 15) is 9.59 Å². The number of hydrogen-bond donors (Lipinski definition) is 0. The van der Waals surface area contributed by atoms with Crippen molar-refractivity contribution in [2.24, 2.45) is 0 Å². The van der Waals surface area contributed by atoms with Crippen molar-refractivity contribution < 1.29 is 23.1 Å². The van der Waals surface area contributed by atoms with Crippen molar-refractivity contribution in [1.29, 1.82) is 0 Å². The lowest BCUT2D eigenvalue weighted by Crippen LogP contribution is -2.30. The second kappa shape index (κ2) is 7.90. The molecule has 9 heteroatoms. The van der Waals surface area contributed by atoms with Gasteiger partial charge in [0.05, 0.1) is 42.9 Å². The Kier molecular flexibility index (Phi) is 5.17. The van der Waals surface area contributed by atoms with Crippen molar-refractivity contribution in [3.63, 3.8) is 0 Å². The lowest BCUT2D eigenvalue weighted by molar-refractivity contribution is -0.115. The quantitative estimate of drug-likeness (QED) is 0.359. The van der Waals surface area contributed by atoms with Crippen LogP contribution in [0, 0.1) is 6.92 Å². The van der Waals surface area contributed by atoms with E-state index in [1.807, 2.05) is 25.1 Å². The third-order valence-electron chi connectivity index (χ3n) is 5.47. The number of ether oxygens (including phenoxy) is 2. The van der Waals surface area contributed by atoms with Gasteiger partial charge in [0.1, 0.15) is 22.8 Å². The zero-order chi connectivity index (χ0) is 22.6. The molecular formula is C23H18BrNO6S. The Morgan fingerprint density at radius 1 is 1.09 bits per heavy atom. The summed E-state index contributed by atoms with van der Waals surface area (Å²) in [4.78, 5) is 28.2. The van der Waals surface area contributed by atoms with E-state index >= 15 is 0 Å². The number of thioether (sulfide) groups is 1. The lowest BCUT2D eigenvalue weighted by Gasteiger charge is -2.25. The molecule has 2 aromatic carbocycles. The fraction of sp³-hybridized carbons (Fsp3) is 0.217. The van der Waals surface area contributed by atoms with Crippen LogP contribution in [0.4, 0.5) is 5.69 Å². The number of hydrogen-bond acceptors (Lipinski definition) is 7. The smallest absolute Gasteiger partial charge is 0.238 e. The molecule has 0 saturated carbocycles. The van der Waals surface area contributed by atoms with E-state index in [1.165, 1.54) is 38.5 Å². The van der Waals surface area contributed by atoms with E-state index in [1.54, 1.807) is 11.0 Å². The third kappa shape index (κ3) is 3.02. The maximum absolute atomic E-state index is 13.8. The van der Waals surface area contributed by atoms with Gasteiger partial charge in [0.2, 0.25) is 17.1 Å². The second-order valence-electron chi connectivity index (χ2n) is 7.34. The second-order valence-corrected chi connectivity index (χ2v) is 9.26. The van der Waals surface area contributed by atoms with Gasteiger partial charge in [-0.25, -0.2) is 0 Å². The first-order chi connectivity index (χ1) is 15.5. The van der Waals surface area contributed by atoms with Crippen LogP contribution in [0.2, 0.25) is 0 Å². The molecule has 1 saturated heterocycles. The molecule has 5 rings (SSSR count). The van der Waals surface area contributed by atoms with E-state index in [0.29, 0.717) is 33.7 Å². The van der Waals surface area contributed by atoms with E-state index in [4.69, 9.17) is 18.3 Å². The topological polar surface area (TPSA) is 82.1 Å². The Hall–Kier alpha value is -2.91. The highest BCUT2D eigenvalue weighted by Gasteiger charge is 2.38. The molecule has 0 aliphatic carbocycles. The Balaban J connectivity index is 1.76. The SMILES string of the molecule is COc1c2occc2c(OC)c2c(=O)c(C3SCC(=O)N3c3ccc(C)cc3Br)coc12. The maximum Gasteiger partial charge on any atom is 0.238 e.